The number of nitrogens with zero attached hydrogens (tertiary/aromatic N) is 4. The Kier molecular flexibility index (Phi) is 3.21. The minimum absolute atomic E-state index is 0.371. The summed E-state index contributed by atoms with van der Waals surface area (Å²) in [7, 11) is 0. The summed E-state index contributed by atoms with van der Waals surface area (Å²) in [4.78, 5) is 16.4. The first-order chi connectivity index (χ1) is 7.40. The zero-order chi connectivity index (χ0) is 10.5. The lowest BCUT2D eigenvalue weighted by Crippen LogP contribution is -2.02. The van der Waals surface area contributed by atoms with Crippen molar-refractivity contribution in [3.05, 3.63) is 36.7 Å². The third-order valence-corrected chi connectivity index (χ3v) is 2.62. The molecule has 15 heavy (non-hydrogen) atoms. The Balaban J connectivity index is 2.24. The molecule has 0 aromatic carbocycles. The van der Waals surface area contributed by atoms with Crippen molar-refractivity contribution in [3.8, 4) is 0 Å². The standard InChI is InChI=1S/C9H9N5S/c10-5-7-9(14-4-3-12-7)15-8-6-11-1-2-13-8/h1-4,6H,5,10H2. The number of nitrogens with two attached hydrogens (primary N) is 1. The molecule has 6 heteroatoms. The first-order valence-electron chi connectivity index (χ1n) is 4.34. The SMILES string of the molecule is NCc1nccnc1Sc1cnccn1. The van der Waals surface area contributed by atoms with Gasteiger partial charge in [0.15, 0.2) is 0 Å². The molecule has 0 bridgehead atoms. The summed E-state index contributed by atoms with van der Waals surface area (Å²) in [6.07, 6.45) is 8.21. The Morgan fingerprint density at radius 2 is 1.87 bits per heavy atom. The molecule has 0 aliphatic rings. The van der Waals surface area contributed by atoms with Gasteiger partial charge in [0.25, 0.3) is 0 Å². The number of aromatic nitrogens is 4. The van der Waals surface area contributed by atoms with Crippen LogP contribution in [0.15, 0.2) is 41.0 Å². The maximum absolute atomic E-state index is 5.55. The second-order valence-corrected chi connectivity index (χ2v) is 3.67. The Bertz CT molecular complexity index is 434. The average Bonchev–Trinajstić information content (AvgIpc) is 2.31. The van der Waals surface area contributed by atoms with Crippen molar-refractivity contribution in [1.29, 1.82) is 0 Å². The van der Waals surface area contributed by atoms with Crippen LogP contribution in [0.25, 0.3) is 0 Å². The molecule has 2 heterocycles. The number of hydrogen-bond acceptors (Lipinski definition) is 6. The summed E-state index contributed by atoms with van der Waals surface area (Å²) in [5.74, 6) is 0. The van der Waals surface area contributed by atoms with E-state index in [9.17, 15) is 0 Å². The second-order valence-electron chi connectivity index (χ2n) is 2.66. The molecule has 0 amide bonds. The predicted molar refractivity (Wildman–Crippen MR) is 56.1 cm³/mol. The second kappa shape index (κ2) is 4.81. The van der Waals surface area contributed by atoms with Gasteiger partial charge in [-0.3, -0.25) is 9.97 Å². The summed E-state index contributed by atoms with van der Waals surface area (Å²) in [6.45, 7) is 0.371. The summed E-state index contributed by atoms with van der Waals surface area (Å²) < 4.78 is 0. The highest BCUT2D eigenvalue weighted by Crippen LogP contribution is 2.24. The van der Waals surface area contributed by atoms with Gasteiger partial charge in [0.05, 0.1) is 11.9 Å². The van der Waals surface area contributed by atoms with Gasteiger partial charge in [-0.25, -0.2) is 9.97 Å². The van der Waals surface area contributed by atoms with E-state index in [-0.39, 0.29) is 0 Å². The molecule has 0 saturated heterocycles. The molecule has 0 aliphatic heterocycles. The largest absolute Gasteiger partial charge is 0.325 e. The third-order valence-electron chi connectivity index (χ3n) is 1.67. The van der Waals surface area contributed by atoms with Crippen LogP contribution < -0.4 is 5.73 Å². The highest BCUT2D eigenvalue weighted by atomic mass is 32.2. The summed E-state index contributed by atoms with van der Waals surface area (Å²) in [5, 5.41) is 1.56. The first-order valence-corrected chi connectivity index (χ1v) is 5.15. The molecule has 0 spiro atoms. The Morgan fingerprint density at radius 1 is 1.07 bits per heavy atom. The van der Waals surface area contributed by atoms with Crippen LogP contribution in [-0.2, 0) is 6.54 Å². The van der Waals surface area contributed by atoms with Crippen molar-refractivity contribution in [2.75, 3.05) is 0 Å². The molecule has 0 radical (unpaired) electrons. The van der Waals surface area contributed by atoms with E-state index < -0.39 is 0 Å². The molecule has 76 valence electrons. The Labute approximate surface area is 91.2 Å². The predicted octanol–water partition coefficient (Wildman–Crippen LogP) is 0.876. The fourth-order valence-corrected chi connectivity index (χ4v) is 1.81. The average molecular weight is 219 g/mol. The summed E-state index contributed by atoms with van der Waals surface area (Å²) in [6, 6.07) is 0. The highest BCUT2D eigenvalue weighted by Gasteiger charge is 2.05. The lowest BCUT2D eigenvalue weighted by molar-refractivity contribution is 0.883. The molecule has 0 unspecified atom stereocenters. The van der Waals surface area contributed by atoms with Crippen molar-refractivity contribution < 1.29 is 0 Å². The topological polar surface area (TPSA) is 77.6 Å². The van der Waals surface area contributed by atoms with Gasteiger partial charge in [0.1, 0.15) is 10.1 Å². The zero-order valence-corrected chi connectivity index (χ0v) is 8.68. The maximum atomic E-state index is 5.55. The van der Waals surface area contributed by atoms with E-state index in [2.05, 4.69) is 19.9 Å². The summed E-state index contributed by atoms with van der Waals surface area (Å²) >= 11 is 1.41. The lowest BCUT2D eigenvalue weighted by Gasteiger charge is -2.03. The molecule has 2 aromatic rings. The first kappa shape index (κ1) is 10.0. The monoisotopic (exact) mass is 219 g/mol. The minimum atomic E-state index is 0.371. The fraction of sp³-hybridized carbons (Fsp3) is 0.111. The molecule has 2 N–H and O–H groups in total. The van der Waals surface area contributed by atoms with Gasteiger partial charge >= 0.3 is 0 Å². The van der Waals surface area contributed by atoms with Gasteiger partial charge in [-0.05, 0) is 11.8 Å². The van der Waals surface area contributed by atoms with Gasteiger partial charge in [-0.2, -0.15) is 0 Å². The van der Waals surface area contributed by atoms with Crippen molar-refractivity contribution in [2.45, 2.75) is 16.6 Å². The number of rotatable bonds is 3. The molecule has 5 nitrogen and oxygen atoms in total. The fourth-order valence-electron chi connectivity index (χ4n) is 1.02. The van der Waals surface area contributed by atoms with Gasteiger partial charge in [0, 0.05) is 31.3 Å². The van der Waals surface area contributed by atoms with Crippen LogP contribution in [0.3, 0.4) is 0 Å². The third kappa shape index (κ3) is 2.48. The molecule has 0 atom stereocenters. The minimum Gasteiger partial charge on any atom is -0.325 e. The maximum Gasteiger partial charge on any atom is 0.125 e. The quantitative estimate of drug-likeness (QED) is 0.825. The van der Waals surface area contributed by atoms with E-state index in [0.717, 1.165) is 15.7 Å². The Morgan fingerprint density at radius 3 is 2.60 bits per heavy atom. The number of hydrogen-bond donors (Lipinski definition) is 1. The normalized spacial score (nSPS) is 10.2. The van der Waals surface area contributed by atoms with E-state index in [1.807, 2.05) is 0 Å². The molecule has 2 rings (SSSR count). The molecule has 0 saturated carbocycles. The highest BCUT2D eigenvalue weighted by molar-refractivity contribution is 7.99. The van der Waals surface area contributed by atoms with Gasteiger partial charge < -0.3 is 5.73 Å². The van der Waals surface area contributed by atoms with E-state index in [4.69, 9.17) is 5.73 Å². The van der Waals surface area contributed by atoms with Gasteiger partial charge in [0.2, 0.25) is 0 Å². The van der Waals surface area contributed by atoms with Crippen LogP contribution in [0.5, 0.6) is 0 Å². The van der Waals surface area contributed by atoms with Crippen LogP contribution in [-0.4, -0.2) is 19.9 Å². The Hall–Kier alpha value is -1.53. The van der Waals surface area contributed by atoms with E-state index >= 15 is 0 Å². The molecule has 2 aromatic heterocycles. The lowest BCUT2D eigenvalue weighted by atomic mass is 10.5. The smallest absolute Gasteiger partial charge is 0.125 e. The van der Waals surface area contributed by atoms with Crippen molar-refractivity contribution in [2.24, 2.45) is 5.73 Å². The summed E-state index contributed by atoms with van der Waals surface area (Å²) in [5.41, 5.74) is 6.32. The van der Waals surface area contributed by atoms with Crippen molar-refractivity contribution in [1.82, 2.24) is 19.9 Å². The molecule has 0 aliphatic carbocycles. The van der Waals surface area contributed by atoms with Crippen molar-refractivity contribution >= 4 is 11.8 Å². The van der Waals surface area contributed by atoms with Crippen LogP contribution in [0, 0.1) is 0 Å². The van der Waals surface area contributed by atoms with Crippen LogP contribution in [0.1, 0.15) is 5.69 Å². The molecule has 0 fully saturated rings. The van der Waals surface area contributed by atoms with Crippen LogP contribution in [0.4, 0.5) is 0 Å². The van der Waals surface area contributed by atoms with Crippen molar-refractivity contribution in [3.63, 3.8) is 0 Å². The van der Waals surface area contributed by atoms with E-state index in [0.29, 0.717) is 6.54 Å². The molecular formula is C9H9N5S. The van der Waals surface area contributed by atoms with Crippen LogP contribution in [0.2, 0.25) is 0 Å². The van der Waals surface area contributed by atoms with Gasteiger partial charge in [-0.1, -0.05) is 0 Å². The molecular weight excluding hydrogens is 210 g/mol. The zero-order valence-electron chi connectivity index (χ0n) is 7.87. The van der Waals surface area contributed by atoms with Crippen LogP contribution >= 0.6 is 11.8 Å². The van der Waals surface area contributed by atoms with Gasteiger partial charge in [-0.15, -0.1) is 0 Å². The van der Waals surface area contributed by atoms with E-state index in [1.165, 1.54) is 11.8 Å². The van der Waals surface area contributed by atoms with E-state index in [1.54, 1.807) is 31.0 Å².